The van der Waals surface area contributed by atoms with Crippen molar-refractivity contribution in [2.45, 2.75) is 18.6 Å². The van der Waals surface area contributed by atoms with Crippen molar-refractivity contribution in [1.82, 2.24) is 0 Å². The van der Waals surface area contributed by atoms with Crippen LogP contribution in [0.2, 0.25) is 0 Å². The lowest BCUT2D eigenvalue weighted by atomic mass is 10.2. The molecule has 48 valence electrons. The summed E-state index contributed by atoms with van der Waals surface area (Å²) in [6, 6.07) is 0. The molecule has 0 amide bonds. The van der Waals surface area contributed by atoms with E-state index in [0.29, 0.717) is 6.42 Å². The van der Waals surface area contributed by atoms with Gasteiger partial charge in [0.25, 0.3) is 0 Å². The van der Waals surface area contributed by atoms with E-state index >= 15 is 0 Å². The molecule has 1 heterocycles. The van der Waals surface area contributed by atoms with E-state index in [2.05, 4.69) is 0 Å². The third-order valence-corrected chi connectivity index (χ3v) is 1.22. The lowest BCUT2D eigenvalue weighted by Gasteiger charge is -2.07. The monoisotopic (exact) mass is 120 g/mol. The summed E-state index contributed by atoms with van der Waals surface area (Å²) in [6.07, 6.45) is -0.879. The fourth-order valence-corrected chi connectivity index (χ4v) is 0.685. The molecule has 0 bridgehead atoms. The van der Waals surface area contributed by atoms with Gasteiger partial charge in [0.2, 0.25) is 0 Å². The molecule has 0 aliphatic carbocycles. The van der Waals surface area contributed by atoms with E-state index in [9.17, 15) is 0 Å². The van der Waals surface area contributed by atoms with Gasteiger partial charge in [-0.3, -0.25) is 0 Å². The molecule has 3 nitrogen and oxygen atoms in total. The highest BCUT2D eigenvalue weighted by Gasteiger charge is 2.24. The molecule has 0 spiro atoms. The average Bonchev–Trinajstić information content (AvgIpc) is 2.10. The Bertz CT molecular complexity index is 98.2. The van der Waals surface area contributed by atoms with E-state index in [0.717, 1.165) is 0 Å². The molecule has 3 atom stereocenters. The van der Waals surface area contributed by atoms with Crippen LogP contribution in [0.1, 0.15) is 7.79 Å². The van der Waals surface area contributed by atoms with Crippen LogP contribution in [0.25, 0.3) is 0 Å². The molecule has 1 rings (SSSR count). The Labute approximate surface area is 49.3 Å². The third-order valence-electron chi connectivity index (χ3n) is 1.22. The fourth-order valence-electron chi connectivity index (χ4n) is 0.685. The molecule has 1 saturated heterocycles. The molecule has 0 aromatic carbocycles. The van der Waals surface area contributed by atoms with Crippen LogP contribution in [-0.2, 0) is 4.74 Å². The van der Waals surface area contributed by atoms with E-state index in [1.165, 1.54) is 0 Å². The quantitative estimate of drug-likeness (QED) is 0.473. The molecule has 0 radical (unpaired) electrons. The molecule has 0 unspecified atom stereocenters. The van der Waals surface area contributed by atoms with Crippen molar-refractivity contribution in [3.05, 3.63) is 0 Å². The predicted molar refractivity (Wildman–Crippen MR) is 27.4 cm³/mol. The van der Waals surface area contributed by atoms with Gasteiger partial charge < -0.3 is 14.9 Å². The van der Waals surface area contributed by atoms with Crippen LogP contribution < -0.4 is 0 Å². The molecule has 8 heavy (non-hydrogen) atoms. The SMILES string of the molecule is [3H][C@H]1C[C@H](O)[C@@H](CO)O1. The zero-order chi connectivity index (χ0) is 6.85. The van der Waals surface area contributed by atoms with Gasteiger partial charge in [-0.05, 0) is 6.42 Å². The van der Waals surface area contributed by atoms with Crippen molar-refractivity contribution in [3.8, 4) is 0 Å². The van der Waals surface area contributed by atoms with Gasteiger partial charge in [-0.15, -0.1) is 0 Å². The Morgan fingerprint density at radius 3 is 2.88 bits per heavy atom. The number of rotatable bonds is 1. The van der Waals surface area contributed by atoms with Gasteiger partial charge in [0.1, 0.15) is 6.10 Å². The minimum absolute atomic E-state index is 0.198. The molecule has 0 saturated carbocycles. The summed E-state index contributed by atoms with van der Waals surface area (Å²) in [5.74, 6) is 0. The average molecular weight is 120 g/mol. The van der Waals surface area contributed by atoms with Gasteiger partial charge in [-0.25, -0.2) is 0 Å². The molecule has 2 N–H and O–H groups in total. The molecule has 1 aliphatic heterocycles. The van der Waals surface area contributed by atoms with Crippen LogP contribution in [0.4, 0.5) is 0 Å². The highest BCUT2D eigenvalue weighted by atomic mass is 16.5. The predicted octanol–water partition coefficient (Wildman–Crippen LogP) is -0.871. The molecule has 1 aliphatic rings. The van der Waals surface area contributed by atoms with Crippen LogP contribution in [0.5, 0.6) is 0 Å². The Balaban J connectivity index is 2.38. The van der Waals surface area contributed by atoms with Gasteiger partial charge in [-0.1, -0.05) is 0 Å². The fraction of sp³-hybridized carbons (Fsp3) is 1.00. The summed E-state index contributed by atoms with van der Waals surface area (Å²) in [7, 11) is 0. The van der Waals surface area contributed by atoms with Crippen LogP contribution >= 0.6 is 0 Å². The summed E-state index contributed by atoms with van der Waals surface area (Å²) in [4.78, 5) is 0. The van der Waals surface area contributed by atoms with Crippen LogP contribution in [0.15, 0.2) is 0 Å². The largest absolute Gasteiger partial charge is 0.394 e. The molecule has 1 fully saturated rings. The lowest BCUT2D eigenvalue weighted by molar-refractivity contribution is 0.00406. The van der Waals surface area contributed by atoms with Gasteiger partial charge >= 0.3 is 0 Å². The van der Waals surface area contributed by atoms with E-state index in [-0.39, 0.29) is 6.61 Å². The van der Waals surface area contributed by atoms with Crippen molar-refractivity contribution in [3.63, 3.8) is 0 Å². The van der Waals surface area contributed by atoms with E-state index in [4.69, 9.17) is 16.3 Å². The highest BCUT2D eigenvalue weighted by molar-refractivity contribution is 4.73. The molecule has 0 aromatic rings. The summed E-state index contributed by atoms with van der Waals surface area (Å²) in [5.41, 5.74) is 0. The molecular weight excluding hydrogens is 108 g/mol. The highest BCUT2D eigenvalue weighted by Crippen LogP contribution is 2.11. The number of ether oxygens (including phenoxy) is 1. The standard InChI is InChI=1S/C5H10O3/c6-3-5-4(7)1-2-8-5/h4-7H,1-3H2/t4-,5+/m0/s1/i2T/t2-,4-,5+. The van der Waals surface area contributed by atoms with Crippen molar-refractivity contribution >= 4 is 0 Å². The van der Waals surface area contributed by atoms with Crippen molar-refractivity contribution in [1.29, 1.82) is 0 Å². The minimum Gasteiger partial charge on any atom is -0.394 e. The molecular formula is C5H10O3. The maximum atomic E-state index is 8.95. The first-order valence-corrected chi connectivity index (χ1v) is 2.60. The second kappa shape index (κ2) is 2.44. The Morgan fingerprint density at radius 1 is 1.88 bits per heavy atom. The Kier molecular flexibility index (Phi) is 1.44. The summed E-state index contributed by atoms with van der Waals surface area (Å²) >= 11 is 0. The summed E-state index contributed by atoms with van der Waals surface area (Å²) in [5, 5.41) is 17.4. The normalized spacial score (nSPS) is 49.2. The van der Waals surface area contributed by atoms with E-state index in [1.807, 2.05) is 0 Å². The Hall–Kier alpha value is -0.120. The smallest absolute Gasteiger partial charge is 0.106 e. The first kappa shape index (κ1) is 4.73. The zero-order valence-electron chi connectivity index (χ0n) is 5.45. The third kappa shape index (κ3) is 0.992. The van der Waals surface area contributed by atoms with Crippen molar-refractivity contribution in [2.24, 2.45) is 0 Å². The van der Waals surface area contributed by atoms with Gasteiger partial charge in [0.05, 0.1) is 14.1 Å². The maximum Gasteiger partial charge on any atom is 0.106 e. The second-order valence-electron chi connectivity index (χ2n) is 1.83. The minimum atomic E-state index is -0.655. The molecule has 3 heteroatoms. The summed E-state index contributed by atoms with van der Waals surface area (Å²) in [6.45, 7) is -0.853. The number of hydrogen-bond acceptors (Lipinski definition) is 3. The maximum absolute atomic E-state index is 8.95. The Morgan fingerprint density at radius 2 is 2.62 bits per heavy atom. The number of aliphatic hydroxyl groups excluding tert-OH is 2. The lowest BCUT2D eigenvalue weighted by Crippen LogP contribution is -2.24. The topological polar surface area (TPSA) is 49.7 Å². The van der Waals surface area contributed by atoms with E-state index < -0.39 is 18.8 Å². The van der Waals surface area contributed by atoms with Gasteiger partial charge in [0.15, 0.2) is 0 Å². The molecule has 0 aromatic heterocycles. The second-order valence-corrected chi connectivity index (χ2v) is 1.83. The van der Waals surface area contributed by atoms with E-state index in [1.54, 1.807) is 0 Å². The van der Waals surface area contributed by atoms with Crippen molar-refractivity contribution in [2.75, 3.05) is 13.2 Å². The van der Waals surface area contributed by atoms with Crippen LogP contribution in [-0.4, -0.2) is 35.6 Å². The van der Waals surface area contributed by atoms with Crippen LogP contribution in [0, 0.1) is 0 Å². The first-order valence-electron chi connectivity index (χ1n) is 3.18. The zero-order valence-corrected chi connectivity index (χ0v) is 4.45. The van der Waals surface area contributed by atoms with Gasteiger partial charge in [0, 0.05) is 6.58 Å². The number of hydrogen-bond donors (Lipinski definition) is 2. The number of aliphatic hydroxyl groups is 2. The summed E-state index contributed by atoms with van der Waals surface area (Å²) < 4.78 is 11.8. The van der Waals surface area contributed by atoms with Gasteiger partial charge in [-0.2, -0.15) is 0 Å². The van der Waals surface area contributed by atoms with Crippen molar-refractivity contribution < 1.29 is 16.3 Å². The van der Waals surface area contributed by atoms with Crippen LogP contribution in [0.3, 0.4) is 0 Å². The first-order chi connectivity index (χ1) is 4.24.